The number of aromatic nitrogens is 3. The van der Waals surface area contributed by atoms with Crippen LogP contribution in [0.2, 0.25) is 0 Å². The second kappa shape index (κ2) is 8.50. The summed E-state index contributed by atoms with van der Waals surface area (Å²) in [4.78, 5) is 24.7. The van der Waals surface area contributed by atoms with Crippen LogP contribution < -0.4 is 10.1 Å². The van der Waals surface area contributed by atoms with Gasteiger partial charge in [0.25, 0.3) is 0 Å². The molecule has 0 unspecified atom stereocenters. The highest BCUT2D eigenvalue weighted by molar-refractivity contribution is 9.10. The first-order chi connectivity index (χ1) is 14.1. The number of hydrogen-bond acceptors (Lipinski definition) is 8. The number of pyridine rings is 1. The number of ether oxygens (including phenoxy) is 1. The maximum absolute atomic E-state index is 11.7. The zero-order chi connectivity index (χ0) is 20.2. The predicted molar refractivity (Wildman–Crippen MR) is 115 cm³/mol. The fourth-order valence-electron chi connectivity index (χ4n) is 2.79. The molecule has 4 rings (SSSR count). The highest BCUT2D eigenvalue weighted by Crippen LogP contribution is 2.37. The fourth-order valence-corrected chi connectivity index (χ4v) is 3.95. The van der Waals surface area contributed by atoms with Crippen LogP contribution in [0.15, 0.2) is 58.8 Å². The predicted octanol–water partition coefficient (Wildman–Crippen LogP) is 5.20. The van der Waals surface area contributed by atoms with E-state index in [2.05, 4.69) is 36.2 Å². The molecule has 3 aromatic heterocycles. The summed E-state index contributed by atoms with van der Waals surface area (Å²) in [6, 6.07) is 11.2. The van der Waals surface area contributed by atoms with Crippen LogP contribution in [0.1, 0.15) is 4.88 Å². The molecule has 8 nitrogen and oxygen atoms in total. The normalized spacial score (nSPS) is 10.8. The zero-order valence-electron chi connectivity index (χ0n) is 14.9. The monoisotopic (exact) mass is 471 g/mol. The van der Waals surface area contributed by atoms with Gasteiger partial charge in [0.1, 0.15) is 11.8 Å². The van der Waals surface area contributed by atoms with Gasteiger partial charge in [0.15, 0.2) is 5.75 Å². The van der Waals surface area contributed by atoms with Gasteiger partial charge in [0.2, 0.25) is 5.82 Å². The topological polar surface area (TPSA) is 103 Å². The van der Waals surface area contributed by atoms with Crippen LogP contribution in [0, 0.1) is 10.1 Å². The number of nitro groups is 1. The standard InChI is InChI=1S/C19H14BrN5O3S/c20-14-5-6-15(16-13(14)4-1-8-21-16)28-19-17(25(26)27)18(23-11-24-19)22-9-7-12-3-2-10-29-12/h1-6,8,10-11H,7,9H2,(H,22,23,24). The summed E-state index contributed by atoms with van der Waals surface area (Å²) in [6.07, 6.45) is 3.61. The number of halogens is 1. The second-order valence-electron chi connectivity index (χ2n) is 5.94. The lowest BCUT2D eigenvalue weighted by Gasteiger charge is -2.11. The lowest BCUT2D eigenvalue weighted by molar-refractivity contribution is -0.385. The molecule has 4 aromatic rings. The van der Waals surface area contributed by atoms with Gasteiger partial charge in [-0.3, -0.25) is 15.1 Å². The van der Waals surface area contributed by atoms with E-state index in [4.69, 9.17) is 4.74 Å². The van der Waals surface area contributed by atoms with Crippen LogP contribution in [-0.4, -0.2) is 26.4 Å². The van der Waals surface area contributed by atoms with Crippen LogP contribution >= 0.6 is 27.3 Å². The molecule has 0 aliphatic rings. The number of nitrogens with zero attached hydrogens (tertiary/aromatic N) is 4. The molecule has 146 valence electrons. The molecule has 29 heavy (non-hydrogen) atoms. The minimum atomic E-state index is -0.544. The molecule has 0 atom stereocenters. The third-order valence-electron chi connectivity index (χ3n) is 4.10. The van der Waals surface area contributed by atoms with E-state index in [0.29, 0.717) is 17.8 Å². The fraction of sp³-hybridized carbons (Fsp3) is 0.105. The lowest BCUT2D eigenvalue weighted by atomic mass is 10.2. The van der Waals surface area contributed by atoms with Crippen molar-refractivity contribution < 1.29 is 9.66 Å². The van der Waals surface area contributed by atoms with Gasteiger partial charge in [-0.25, -0.2) is 4.98 Å². The van der Waals surface area contributed by atoms with Crippen LogP contribution in [0.3, 0.4) is 0 Å². The Morgan fingerprint density at radius 2 is 2.07 bits per heavy atom. The van der Waals surface area contributed by atoms with Crippen molar-refractivity contribution in [1.82, 2.24) is 15.0 Å². The van der Waals surface area contributed by atoms with Gasteiger partial charge < -0.3 is 10.1 Å². The number of thiophene rings is 1. The smallest absolute Gasteiger partial charge is 0.373 e. The number of benzene rings is 1. The number of fused-ring (bicyclic) bond motifs is 1. The summed E-state index contributed by atoms with van der Waals surface area (Å²) < 4.78 is 6.67. The first-order valence-electron chi connectivity index (χ1n) is 8.60. The van der Waals surface area contributed by atoms with E-state index in [1.807, 2.05) is 23.6 Å². The van der Waals surface area contributed by atoms with Gasteiger partial charge in [-0.15, -0.1) is 11.3 Å². The summed E-state index contributed by atoms with van der Waals surface area (Å²) >= 11 is 5.11. The van der Waals surface area contributed by atoms with E-state index in [9.17, 15) is 10.1 Å². The third-order valence-corrected chi connectivity index (χ3v) is 5.73. The highest BCUT2D eigenvalue weighted by atomic mass is 79.9. The van der Waals surface area contributed by atoms with Crippen molar-refractivity contribution in [3.05, 3.63) is 73.8 Å². The average molecular weight is 472 g/mol. The van der Waals surface area contributed by atoms with Crippen molar-refractivity contribution in [2.24, 2.45) is 0 Å². The van der Waals surface area contributed by atoms with Crippen LogP contribution in [0.25, 0.3) is 10.9 Å². The number of hydrogen-bond donors (Lipinski definition) is 1. The molecule has 0 aliphatic carbocycles. The molecular weight excluding hydrogens is 458 g/mol. The summed E-state index contributed by atoms with van der Waals surface area (Å²) in [7, 11) is 0. The highest BCUT2D eigenvalue weighted by Gasteiger charge is 2.25. The average Bonchev–Trinajstić information content (AvgIpc) is 3.24. The van der Waals surface area contributed by atoms with Crippen molar-refractivity contribution in [3.8, 4) is 11.6 Å². The molecule has 0 saturated heterocycles. The van der Waals surface area contributed by atoms with Crippen molar-refractivity contribution in [2.45, 2.75) is 6.42 Å². The Kier molecular flexibility index (Phi) is 5.63. The lowest BCUT2D eigenvalue weighted by Crippen LogP contribution is -2.09. The van der Waals surface area contributed by atoms with Crippen LogP contribution in [0.4, 0.5) is 11.5 Å². The maximum Gasteiger partial charge on any atom is 0.373 e. The minimum absolute atomic E-state index is 0.117. The van der Waals surface area contributed by atoms with E-state index in [1.54, 1.807) is 35.7 Å². The van der Waals surface area contributed by atoms with Crippen molar-refractivity contribution in [3.63, 3.8) is 0 Å². The minimum Gasteiger partial charge on any atom is -0.431 e. The Bertz CT molecular complexity index is 1170. The van der Waals surface area contributed by atoms with Gasteiger partial charge in [-0.1, -0.05) is 28.1 Å². The number of nitrogens with one attached hydrogen (secondary N) is 1. The van der Waals surface area contributed by atoms with E-state index in [0.717, 1.165) is 16.3 Å². The first-order valence-corrected chi connectivity index (χ1v) is 10.3. The van der Waals surface area contributed by atoms with Crippen LogP contribution in [0.5, 0.6) is 11.6 Å². The van der Waals surface area contributed by atoms with Crippen molar-refractivity contribution in [2.75, 3.05) is 11.9 Å². The molecule has 0 spiro atoms. The Balaban J connectivity index is 1.64. The molecule has 3 heterocycles. The molecule has 1 aromatic carbocycles. The Morgan fingerprint density at radius 3 is 2.86 bits per heavy atom. The summed E-state index contributed by atoms with van der Waals surface area (Å²) in [5.41, 5.74) is 0.257. The largest absolute Gasteiger partial charge is 0.431 e. The summed E-state index contributed by atoms with van der Waals surface area (Å²) in [5.74, 6) is 0.346. The Morgan fingerprint density at radius 1 is 1.17 bits per heavy atom. The molecule has 10 heteroatoms. The molecule has 0 radical (unpaired) electrons. The number of anilines is 1. The third kappa shape index (κ3) is 4.17. The molecule has 1 N–H and O–H groups in total. The van der Waals surface area contributed by atoms with Gasteiger partial charge in [0, 0.05) is 27.5 Å². The van der Waals surface area contributed by atoms with Gasteiger partial charge >= 0.3 is 11.6 Å². The van der Waals surface area contributed by atoms with Gasteiger partial charge in [0.05, 0.1) is 4.92 Å². The summed E-state index contributed by atoms with van der Waals surface area (Å²) in [6.45, 7) is 0.501. The van der Waals surface area contributed by atoms with Gasteiger partial charge in [-0.05, 0) is 36.1 Å². The number of rotatable bonds is 7. The second-order valence-corrected chi connectivity index (χ2v) is 7.82. The molecule has 0 aliphatic heterocycles. The molecule has 0 fully saturated rings. The van der Waals surface area contributed by atoms with E-state index in [1.165, 1.54) is 11.2 Å². The molecule has 0 amide bonds. The quantitative estimate of drug-likeness (QED) is 0.291. The van der Waals surface area contributed by atoms with E-state index >= 15 is 0 Å². The van der Waals surface area contributed by atoms with E-state index in [-0.39, 0.29) is 17.4 Å². The Hall–Kier alpha value is -3.11. The first kappa shape index (κ1) is 19.2. The van der Waals surface area contributed by atoms with Crippen molar-refractivity contribution in [1.29, 1.82) is 0 Å². The maximum atomic E-state index is 11.7. The Labute approximate surface area is 177 Å². The van der Waals surface area contributed by atoms with Gasteiger partial charge in [-0.2, -0.15) is 4.98 Å². The van der Waals surface area contributed by atoms with Crippen LogP contribution in [-0.2, 0) is 6.42 Å². The molecular formula is C19H14BrN5O3S. The SMILES string of the molecule is O=[N+]([O-])c1c(NCCc2cccs2)ncnc1Oc1ccc(Br)c2cccnc12. The van der Waals surface area contributed by atoms with E-state index < -0.39 is 4.92 Å². The summed E-state index contributed by atoms with van der Waals surface area (Å²) in [5, 5.41) is 17.6. The molecule has 0 bridgehead atoms. The molecule has 0 saturated carbocycles. The zero-order valence-corrected chi connectivity index (χ0v) is 17.3. The van der Waals surface area contributed by atoms with Crippen molar-refractivity contribution >= 4 is 49.7 Å².